The molecule has 0 nitrogen and oxygen atoms in total. The second-order valence-corrected chi connectivity index (χ2v) is 4.82. The Morgan fingerprint density at radius 2 is 1.56 bits per heavy atom. The summed E-state index contributed by atoms with van der Waals surface area (Å²) in [6, 6.07) is 13.3. The van der Waals surface area contributed by atoms with Crippen LogP contribution in [0.4, 0.5) is 0 Å². The highest BCUT2D eigenvalue weighted by molar-refractivity contribution is 5.90. The molecule has 0 aromatic heterocycles. The molecule has 0 amide bonds. The molecule has 2 aromatic rings. The Morgan fingerprint density at radius 3 is 2.25 bits per heavy atom. The molecule has 0 spiro atoms. The third kappa shape index (κ3) is 1.16. The fraction of sp³-hybridized carbons (Fsp3) is 0.250. The number of hydrogen-bond acceptors (Lipinski definition) is 0. The lowest BCUT2D eigenvalue weighted by Gasteiger charge is -2.08. The SMILES string of the molecule is CC1=C(C)C(C)c2cc3ccccc3cc21. The maximum absolute atomic E-state index is 2.36. The quantitative estimate of drug-likeness (QED) is 0.586. The van der Waals surface area contributed by atoms with Crippen LogP contribution in [0, 0.1) is 0 Å². The first kappa shape index (κ1) is 9.65. The average Bonchev–Trinajstić information content (AvgIpc) is 2.52. The molecule has 1 unspecified atom stereocenters. The number of allylic oxidation sites excluding steroid dienone is 2. The van der Waals surface area contributed by atoms with E-state index < -0.39 is 0 Å². The van der Waals surface area contributed by atoms with Gasteiger partial charge < -0.3 is 0 Å². The molecule has 1 aliphatic carbocycles. The van der Waals surface area contributed by atoms with Gasteiger partial charge in [0.25, 0.3) is 0 Å². The zero-order valence-electron chi connectivity index (χ0n) is 10.0. The third-order valence-electron chi connectivity index (χ3n) is 4.03. The summed E-state index contributed by atoms with van der Waals surface area (Å²) in [5.74, 6) is 0.583. The van der Waals surface area contributed by atoms with Gasteiger partial charge in [0.05, 0.1) is 0 Å². The highest BCUT2D eigenvalue weighted by Crippen LogP contribution is 2.42. The van der Waals surface area contributed by atoms with Crippen LogP contribution in [-0.4, -0.2) is 0 Å². The zero-order valence-corrected chi connectivity index (χ0v) is 10.0. The molecule has 0 fully saturated rings. The molecule has 80 valence electrons. The average molecular weight is 208 g/mol. The monoisotopic (exact) mass is 208 g/mol. The second kappa shape index (κ2) is 3.21. The highest BCUT2D eigenvalue weighted by Gasteiger charge is 2.22. The zero-order chi connectivity index (χ0) is 11.3. The van der Waals surface area contributed by atoms with Gasteiger partial charge in [0.1, 0.15) is 0 Å². The Balaban J connectivity index is 2.36. The first-order valence-corrected chi connectivity index (χ1v) is 5.89. The van der Waals surface area contributed by atoms with Crippen LogP contribution in [0.5, 0.6) is 0 Å². The van der Waals surface area contributed by atoms with Gasteiger partial charge in [0, 0.05) is 5.92 Å². The van der Waals surface area contributed by atoms with Gasteiger partial charge in [-0.1, -0.05) is 36.8 Å². The lowest BCUT2D eigenvalue weighted by atomic mass is 9.96. The van der Waals surface area contributed by atoms with Crippen molar-refractivity contribution in [3.8, 4) is 0 Å². The van der Waals surface area contributed by atoms with Crippen LogP contribution < -0.4 is 0 Å². The third-order valence-corrected chi connectivity index (χ3v) is 4.03. The number of benzene rings is 2. The molecule has 3 rings (SSSR count). The van der Waals surface area contributed by atoms with E-state index in [2.05, 4.69) is 57.2 Å². The van der Waals surface area contributed by atoms with Gasteiger partial charge in [-0.25, -0.2) is 0 Å². The molecule has 0 bridgehead atoms. The molecule has 0 heteroatoms. The van der Waals surface area contributed by atoms with E-state index in [1.807, 2.05) is 0 Å². The van der Waals surface area contributed by atoms with Crippen molar-refractivity contribution < 1.29 is 0 Å². The van der Waals surface area contributed by atoms with E-state index in [1.165, 1.54) is 33.0 Å². The van der Waals surface area contributed by atoms with Gasteiger partial charge >= 0.3 is 0 Å². The predicted octanol–water partition coefficient (Wildman–Crippen LogP) is 4.75. The minimum Gasteiger partial charge on any atom is -0.0625 e. The van der Waals surface area contributed by atoms with E-state index in [0.29, 0.717) is 5.92 Å². The largest absolute Gasteiger partial charge is 0.0625 e. The number of rotatable bonds is 0. The highest BCUT2D eigenvalue weighted by atomic mass is 14.3. The van der Waals surface area contributed by atoms with E-state index in [4.69, 9.17) is 0 Å². The molecule has 2 aromatic carbocycles. The molecule has 0 radical (unpaired) electrons. The maximum atomic E-state index is 2.36. The normalized spacial score (nSPS) is 19.3. The predicted molar refractivity (Wildman–Crippen MR) is 70.6 cm³/mol. The topological polar surface area (TPSA) is 0 Å². The first-order chi connectivity index (χ1) is 7.68. The molecule has 0 N–H and O–H groups in total. The molecule has 1 aliphatic rings. The van der Waals surface area contributed by atoms with E-state index >= 15 is 0 Å². The van der Waals surface area contributed by atoms with Crippen molar-refractivity contribution in [2.24, 2.45) is 0 Å². The lowest BCUT2D eigenvalue weighted by Crippen LogP contribution is -1.90. The maximum Gasteiger partial charge on any atom is 0.00292 e. The minimum atomic E-state index is 0.583. The Hall–Kier alpha value is -1.56. The number of hydrogen-bond donors (Lipinski definition) is 0. The van der Waals surface area contributed by atoms with Crippen molar-refractivity contribution in [1.82, 2.24) is 0 Å². The van der Waals surface area contributed by atoms with Crippen LogP contribution in [0.25, 0.3) is 16.3 Å². The van der Waals surface area contributed by atoms with E-state index in [1.54, 1.807) is 0 Å². The van der Waals surface area contributed by atoms with Gasteiger partial charge in [-0.3, -0.25) is 0 Å². The van der Waals surface area contributed by atoms with Gasteiger partial charge in [-0.05, 0) is 53.5 Å². The summed E-state index contributed by atoms with van der Waals surface area (Å²) in [4.78, 5) is 0. The summed E-state index contributed by atoms with van der Waals surface area (Å²) in [5.41, 5.74) is 5.93. The molecule has 0 saturated heterocycles. The van der Waals surface area contributed by atoms with Crippen molar-refractivity contribution in [3.05, 3.63) is 53.1 Å². The van der Waals surface area contributed by atoms with Crippen LogP contribution in [0.15, 0.2) is 42.0 Å². The molecule has 0 saturated carbocycles. The van der Waals surface area contributed by atoms with Crippen LogP contribution in [0.1, 0.15) is 37.8 Å². The van der Waals surface area contributed by atoms with Crippen molar-refractivity contribution in [3.63, 3.8) is 0 Å². The Kier molecular flexibility index (Phi) is 1.94. The summed E-state index contributed by atoms with van der Waals surface area (Å²) >= 11 is 0. The summed E-state index contributed by atoms with van der Waals surface area (Å²) in [7, 11) is 0. The molecule has 16 heavy (non-hydrogen) atoms. The van der Waals surface area contributed by atoms with Crippen molar-refractivity contribution >= 4 is 16.3 Å². The summed E-state index contributed by atoms with van der Waals surface area (Å²) in [6.07, 6.45) is 0. The van der Waals surface area contributed by atoms with Crippen molar-refractivity contribution in [2.45, 2.75) is 26.7 Å². The van der Waals surface area contributed by atoms with Gasteiger partial charge in [-0.15, -0.1) is 0 Å². The molecule has 1 atom stereocenters. The van der Waals surface area contributed by atoms with E-state index in [-0.39, 0.29) is 0 Å². The second-order valence-electron chi connectivity index (χ2n) is 4.82. The van der Waals surface area contributed by atoms with Crippen molar-refractivity contribution in [1.29, 1.82) is 0 Å². The summed E-state index contributed by atoms with van der Waals surface area (Å²) < 4.78 is 0. The molecule has 0 aliphatic heterocycles. The van der Waals surface area contributed by atoms with Gasteiger partial charge in [0.2, 0.25) is 0 Å². The van der Waals surface area contributed by atoms with Gasteiger partial charge in [0.15, 0.2) is 0 Å². The lowest BCUT2D eigenvalue weighted by molar-refractivity contribution is 0.922. The van der Waals surface area contributed by atoms with E-state index in [9.17, 15) is 0 Å². The first-order valence-electron chi connectivity index (χ1n) is 5.89. The van der Waals surface area contributed by atoms with Gasteiger partial charge in [-0.2, -0.15) is 0 Å². The van der Waals surface area contributed by atoms with Crippen LogP contribution in [-0.2, 0) is 0 Å². The summed E-state index contributed by atoms with van der Waals surface area (Å²) in [6.45, 7) is 6.80. The fourth-order valence-corrected chi connectivity index (χ4v) is 2.71. The van der Waals surface area contributed by atoms with Crippen LogP contribution in [0.3, 0.4) is 0 Å². The minimum absolute atomic E-state index is 0.583. The van der Waals surface area contributed by atoms with Crippen LogP contribution >= 0.6 is 0 Å². The molecular formula is C16H16. The molecule has 0 heterocycles. The van der Waals surface area contributed by atoms with Crippen LogP contribution in [0.2, 0.25) is 0 Å². The standard InChI is InChI=1S/C16H16/c1-10-11(2)15-8-13-6-4-5-7-14(13)9-16(15)12(10)3/h4-9,11H,1-3H3. The Labute approximate surface area is 96.6 Å². The molecular weight excluding hydrogens is 192 g/mol. The summed E-state index contributed by atoms with van der Waals surface area (Å²) in [5, 5.41) is 2.71. The Morgan fingerprint density at radius 1 is 0.938 bits per heavy atom. The van der Waals surface area contributed by atoms with E-state index in [0.717, 1.165) is 0 Å². The smallest absolute Gasteiger partial charge is 0.00292 e. The Bertz CT molecular complexity index is 602. The number of fused-ring (bicyclic) bond motifs is 2. The fourth-order valence-electron chi connectivity index (χ4n) is 2.71. The van der Waals surface area contributed by atoms with Crippen molar-refractivity contribution in [2.75, 3.05) is 0 Å².